The van der Waals surface area contributed by atoms with Crippen LogP contribution in [0.1, 0.15) is 100 Å². The Hall–Kier alpha value is -1.43. The van der Waals surface area contributed by atoms with Crippen LogP contribution >= 0.6 is 0 Å². The number of ketones is 2. The van der Waals surface area contributed by atoms with Gasteiger partial charge >= 0.3 is 0 Å². The molecule has 1 unspecified atom stereocenters. The molecule has 186 valence electrons. The van der Waals surface area contributed by atoms with Crippen molar-refractivity contribution in [2.75, 3.05) is 0 Å². The number of carbonyl (C=O) groups excluding carboxylic acids is 2. The second kappa shape index (κ2) is 7.08. The van der Waals surface area contributed by atoms with Crippen molar-refractivity contribution < 1.29 is 9.59 Å². The second-order valence-corrected chi connectivity index (χ2v) is 14.9. The monoisotopic (exact) mass is 463 g/mol. The fourth-order valence-electron chi connectivity index (χ4n) is 10.7. The molecule has 5 rings (SSSR count). The lowest BCUT2D eigenvalue weighted by Gasteiger charge is -2.71. The molecule has 0 heterocycles. The zero-order valence-electron chi connectivity index (χ0n) is 22.8. The number of hydrogen-bond acceptors (Lipinski definition) is 3. The van der Waals surface area contributed by atoms with E-state index in [1.165, 1.54) is 19.3 Å². The first-order valence-electron chi connectivity index (χ1n) is 13.9. The highest BCUT2D eigenvalue weighted by Gasteiger charge is 2.71. The molecule has 5 aliphatic rings. The van der Waals surface area contributed by atoms with Crippen LogP contribution in [-0.4, -0.2) is 11.6 Å². The van der Waals surface area contributed by atoms with Gasteiger partial charge in [-0.1, -0.05) is 61.5 Å². The molecule has 0 radical (unpaired) electrons. The summed E-state index contributed by atoms with van der Waals surface area (Å²) in [6, 6.07) is 2.23. The Morgan fingerprint density at radius 2 is 1.50 bits per heavy atom. The minimum atomic E-state index is -0.559. The van der Waals surface area contributed by atoms with Gasteiger partial charge in [0.05, 0.1) is 5.57 Å². The predicted molar refractivity (Wildman–Crippen MR) is 135 cm³/mol. The Kier molecular flexibility index (Phi) is 5.05. The van der Waals surface area contributed by atoms with Crippen LogP contribution < -0.4 is 0 Å². The van der Waals surface area contributed by atoms with E-state index in [4.69, 9.17) is 0 Å². The van der Waals surface area contributed by atoms with Gasteiger partial charge < -0.3 is 0 Å². The number of fused-ring (bicyclic) bond motifs is 7. The van der Waals surface area contributed by atoms with Crippen molar-refractivity contribution in [2.24, 2.45) is 62.6 Å². The molecule has 0 aromatic rings. The third-order valence-electron chi connectivity index (χ3n) is 13.2. The Morgan fingerprint density at radius 1 is 0.882 bits per heavy atom. The van der Waals surface area contributed by atoms with Crippen LogP contribution in [0.25, 0.3) is 0 Å². The van der Waals surface area contributed by atoms with Crippen molar-refractivity contribution in [3.05, 3.63) is 11.6 Å². The average Bonchev–Trinajstić information content (AvgIpc) is 2.75. The number of nitrogens with zero attached hydrogens (tertiary/aromatic N) is 1. The third-order valence-corrected chi connectivity index (χ3v) is 13.2. The summed E-state index contributed by atoms with van der Waals surface area (Å²) in [4.78, 5) is 27.5. The van der Waals surface area contributed by atoms with Gasteiger partial charge in [0.25, 0.3) is 0 Å². The van der Waals surface area contributed by atoms with Gasteiger partial charge in [0, 0.05) is 17.8 Å². The van der Waals surface area contributed by atoms with Crippen molar-refractivity contribution in [3.63, 3.8) is 0 Å². The van der Waals surface area contributed by atoms with Crippen molar-refractivity contribution in [1.82, 2.24) is 0 Å². The van der Waals surface area contributed by atoms with Crippen molar-refractivity contribution in [1.29, 1.82) is 5.26 Å². The van der Waals surface area contributed by atoms with E-state index in [2.05, 4.69) is 47.6 Å². The standard InChI is InChI=1S/C31H45NO2/c1-18-24-19(9-12-27(18,2)3)10-13-31(8)25(24)21(33)15-23-29(6)16-20(17-32)26(34)28(4,5)22(29)11-14-30(23,31)7/h16,18-19,22-25H,9-15H2,1-8H3/t18?,19-,22-,23+,24+,25+,29-,30+,31+/m0/s1. The molecule has 3 nitrogen and oxygen atoms in total. The largest absolute Gasteiger partial charge is 0.299 e. The van der Waals surface area contributed by atoms with Gasteiger partial charge in [0.2, 0.25) is 0 Å². The summed E-state index contributed by atoms with van der Waals surface area (Å²) in [5.41, 5.74) is -0.227. The minimum Gasteiger partial charge on any atom is -0.299 e. The fraction of sp³-hybridized carbons (Fsp3) is 0.839. The normalized spacial score (nSPS) is 51.2. The lowest BCUT2D eigenvalue weighted by Crippen LogP contribution is -2.68. The lowest BCUT2D eigenvalue weighted by molar-refractivity contribution is -0.216. The first-order valence-corrected chi connectivity index (χ1v) is 13.9. The Bertz CT molecular complexity index is 1010. The molecule has 34 heavy (non-hydrogen) atoms. The molecule has 0 aliphatic heterocycles. The van der Waals surface area contributed by atoms with Crippen LogP contribution in [0.3, 0.4) is 0 Å². The predicted octanol–water partition coefficient (Wildman–Crippen LogP) is 7.16. The molecular weight excluding hydrogens is 418 g/mol. The highest BCUT2D eigenvalue weighted by atomic mass is 16.1. The van der Waals surface area contributed by atoms with E-state index in [1.54, 1.807) is 0 Å². The Balaban J connectivity index is 1.63. The maximum atomic E-state index is 14.3. The molecule has 0 amide bonds. The maximum Gasteiger partial charge on any atom is 0.178 e. The first kappa shape index (κ1) is 24.3. The van der Waals surface area contributed by atoms with Crippen LogP contribution in [-0.2, 0) is 9.59 Å². The number of allylic oxidation sites excluding steroid dienone is 2. The molecule has 9 atom stereocenters. The van der Waals surface area contributed by atoms with Gasteiger partial charge in [-0.15, -0.1) is 0 Å². The minimum absolute atomic E-state index is 0.00827. The van der Waals surface area contributed by atoms with Gasteiger partial charge in [-0.05, 0) is 89.8 Å². The summed E-state index contributed by atoms with van der Waals surface area (Å²) in [5.74, 6) is 2.73. The van der Waals surface area contributed by atoms with Crippen molar-refractivity contribution >= 4 is 11.6 Å². The summed E-state index contributed by atoms with van der Waals surface area (Å²) in [6.07, 6.45) is 9.65. The molecular formula is C31H45NO2. The van der Waals surface area contributed by atoms with Crippen LogP contribution in [0.15, 0.2) is 11.6 Å². The number of hydrogen-bond donors (Lipinski definition) is 0. The zero-order chi connectivity index (χ0) is 25.1. The van der Waals surface area contributed by atoms with Gasteiger partial charge in [-0.3, -0.25) is 9.59 Å². The van der Waals surface area contributed by atoms with E-state index in [1.807, 2.05) is 19.9 Å². The molecule has 0 saturated heterocycles. The second-order valence-electron chi connectivity index (χ2n) is 14.9. The zero-order valence-corrected chi connectivity index (χ0v) is 22.8. The molecule has 5 aliphatic carbocycles. The van der Waals surface area contributed by atoms with Gasteiger partial charge in [0.1, 0.15) is 11.9 Å². The molecule has 0 bridgehead atoms. The molecule has 0 spiro atoms. The van der Waals surface area contributed by atoms with Crippen LogP contribution in [0, 0.1) is 73.9 Å². The topological polar surface area (TPSA) is 57.9 Å². The van der Waals surface area contributed by atoms with Crippen LogP contribution in [0.5, 0.6) is 0 Å². The molecule has 0 aromatic heterocycles. The molecule has 4 fully saturated rings. The molecule has 3 heteroatoms. The SMILES string of the molecule is CC1[C@@H]2[C@@H](CCC1(C)C)CC[C@]1(C)[C@@H]2C(=O)C[C@@H]2[C@@]3(C)C=C(C#N)C(=O)C(C)(C)[C@@H]3CC[C@]21C. The van der Waals surface area contributed by atoms with Gasteiger partial charge in [-0.25, -0.2) is 0 Å². The average molecular weight is 464 g/mol. The lowest BCUT2D eigenvalue weighted by atomic mass is 9.32. The van der Waals surface area contributed by atoms with Crippen LogP contribution in [0.2, 0.25) is 0 Å². The van der Waals surface area contributed by atoms with Gasteiger partial charge in [-0.2, -0.15) is 5.26 Å². The number of rotatable bonds is 0. The number of Topliss-reactive ketones (excluding diaryl/α,β-unsaturated/α-hetero) is 2. The fourth-order valence-corrected chi connectivity index (χ4v) is 10.7. The van der Waals surface area contributed by atoms with Crippen LogP contribution in [0.4, 0.5) is 0 Å². The Labute approximate surface area is 207 Å². The third kappa shape index (κ3) is 2.75. The van der Waals surface area contributed by atoms with E-state index in [0.717, 1.165) is 19.3 Å². The van der Waals surface area contributed by atoms with Crippen molar-refractivity contribution in [2.45, 2.75) is 100 Å². The summed E-state index contributed by atoms with van der Waals surface area (Å²) < 4.78 is 0. The Morgan fingerprint density at radius 3 is 2.15 bits per heavy atom. The summed E-state index contributed by atoms with van der Waals surface area (Å²) in [6.45, 7) is 18.6. The number of nitriles is 1. The highest BCUT2D eigenvalue weighted by Crippen LogP contribution is 2.74. The number of carbonyl (C=O) groups is 2. The van der Waals surface area contributed by atoms with E-state index in [0.29, 0.717) is 40.9 Å². The molecule has 4 saturated carbocycles. The smallest absolute Gasteiger partial charge is 0.178 e. The quantitative estimate of drug-likeness (QED) is 0.383. The first-order chi connectivity index (χ1) is 15.6. The summed E-state index contributed by atoms with van der Waals surface area (Å²) in [7, 11) is 0. The molecule has 0 aromatic carbocycles. The summed E-state index contributed by atoms with van der Waals surface area (Å²) >= 11 is 0. The van der Waals surface area contributed by atoms with E-state index < -0.39 is 5.41 Å². The van der Waals surface area contributed by atoms with E-state index in [9.17, 15) is 14.9 Å². The molecule has 0 N–H and O–H groups in total. The summed E-state index contributed by atoms with van der Waals surface area (Å²) in [5, 5.41) is 9.85. The highest BCUT2D eigenvalue weighted by molar-refractivity contribution is 6.04. The maximum absolute atomic E-state index is 14.3. The van der Waals surface area contributed by atoms with Crippen molar-refractivity contribution in [3.8, 4) is 6.07 Å². The van der Waals surface area contributed by atoms with E-state index in [-0.39, 0.29) is 39.8 Å². The van der Waals surface area contributed by atoms with Gasteiger partial charge in [0.15, 0.2) is 5.78 Å². The van der Waals surface area contributed by atoms with E-state index >= 15 is 0 Å².